The second-order valence-electron chi connectivity index (χ2n) is 8.07. The van der Waals surface area contributed by atoms with Crippen molar-refractivity contribution >= 4 is 0 Å². The van der Waals surface area contributed by atoms with Crippen LogP contribution >= 0.6 is 0 Å². The van der Waals surface area contributed by atoms with Gasteiger partial charge >= 0.3 is 6.11 Å². The fraction of sp³-hybridized carbons (Fsp3) is 0.500. The number of hydrogen-bond acceptors (Lipinski definition) is 2. The first-order valence-corrected chi connectivity index (χ1v) is 10.4. The standard InChI is InChI=1S/C24H29F3O2/c1-3-4-17-5-7-18(8-6-17)16-28-21-12-9-19(10-13-21)20-11-14-23(22(25)15-20)29-24(2,26)27/h9-15,17-18H,3-8,16H2,1-2H3. The molecular formula is C24H29F3O2. The van der Waals surface area contributed by atoms with Crippen LogP contribution in [0.25, 0.3) is 11.1 Å². The quantitative estimate of drug-likeness (QED) is 0.453. The van der Waals surface area contributed by atoms with Crippen LogP contribution in [0.1, 0.15) is 52.4 Å². The van der Waals surface area contributed by atoms with Crippen molar-refractivity contribution in [3.63, 3.8) is 0 Å². The average Bonchev–Trinajstić information content (AvgIpc) is 2.69. The van der Waals surface area contributed by atoms with Gasteiger partial charge in [-0.05, 0) is 60.1 Å². The van der Waals surface area contributed by atoms with Gasteiger partial charge in [-0.25, -0.2) is 4.39 Å². The molecule has 2 nitrogen and oxygen atoms in total. The number of halogens is 3. The number of rotatable bonds is 8. The van der Waals surface area contributed by atoms with Crippen molar-refractivity contribution in [2.24, 2.45) is 11.8 Å². The lowest BCUT2D eigenvalue weighted by atomic mass is 9.80. The lowest BCUT2D eigenvalue weighted by Gasteiger charge is -2.28. The zero-order valence-electron chi connectivity index (χ0n) is 17.1. The fourth-order valence-corrected chi connectivity index (χ4v) is 4.01. The molecule has 29 heavy (non-hydrogen) atoms. The van der Waals surface area contributed by atoms with Crippen LogP contribution in [-0.4, -0.2) is 12.7 Å². The van der Waals surface area contributed by atoms with E-state index in [0.717, 1.165) is 23.8 Å². The maximum atomic E-state index is 14.1. The van der Waals surface area contributed by atoms with Crippen LogP contribution < -0.4 is 9.47 Å². The Kier molecular flexibility index (Phi) is 7.09. The van der Waals surface area contributed by atoms with Gasteiger partial charge < -0.3 is 9.47 Å². The molecule has 0 atom stereocenters. The lowest BCUT2D eigenvalue weighted by molar-refractivity contribution is -0.160. The lowest BCUT2D eigenvalue weighted by Crippen LogP contribution is -2.20. The summed E-state index contributed by atoms with van der Waals surface area (Å²) in [5, 5.41) is 0. The first-order valence-electron chi connectivity index (χ1n) is 10.4. The van der Waals surface area contributed by atoms with E-state index in [1.54, 1.807) is 6.07 Å². The van der Waals surface area contributed by atoms with Gasteiger partial charge in [-0.1, -0.05) is 50.8 Å². The maximum absolute atomic E-state index is 14.1. The predicted molar refractivity (Wildman–Crippen MR) is 109 cm³/mol. The normalized spacial score (nSPS) is 19.8. The Labute approximate surface area is 171 Å². The molecule has 0 spiro atoms. The fourth-order valence-electron chi connectivity index (χ4n) is 4.01. The van der Waals surface area contributed by atoms with Crippen LogP contribution in [0.4, 0.5) is 13.2 Å². The first kappa shape index (κ1) is 21.5. The van der Waals surface area contributed by atoms with E-state index in [-0.39, 0.29) is 0 Å². The highest BCUT2D eigenvalue weighted by Gasteiger charge is 2.25. The SMILES string of the molecule is CCCC1CCC(COc2ccc(-c3ccc(OC(C)(F)F)c(F)c3)cc2)CC1. The summed E-state index contributed by atoms with van der Waals surface area (Å²) in [5.74, 6) is 1.01. The molecular weight excluding hydrogens is 377 g/mol. The number of hydrogen-bond donors (Lipinski definition) is 0. The van der Waals surface area contributed by atoms with Crippen molar-refractivity contribution in [2.45, 2.75) is 58.5 Å². The second-order valence-corrected chi connectivity index (χ2v) is 8.07. The van der Waals surface area contributed by atoms with Crippen LogP contribution in [0.5, 0.6) is 11.5 Å². The Bertz CT molecular complexity index is 776. The van der Waals surface area contributed by atoms with Crippen molar-refractivity contribution < 1.29 is 22.6 Å². The van der Waals surface area contributed by atoms with Crippen LogP contribution in [0.2, 0.25) is 0 Å². The molecule has 158 valence electrons. The molecule has 0 aromatic heterocycles. The maximum Gasteiger partial charge on any atom is 0.395 e. The second kappa shape index (κ2) is 9.55. The molecule has 5 heteroatoms. The Morgan fingerprint density at radius 3 is 2.14 bits per heavy atom. The van der Waals surface area contributed by atoms with Gasteiger partial charge in [0.1, 0.15) is 5.75 Å². The van der Waals surface area contributed by atoms with E-state index in [2.05, 4.69) is 11.7 Å². The van der Waals surface area contributed by atoms with Crippen molar-refractivity contribution in [2.75, 3.05) is 6.61 Å². The molecule has 0 radical (unpaired) electrons. The molecule has 0 aliphatic heterocycles. The van der Waals surface area contributed by atoms with Crippen molar-refractivity contribution in [1.82, 2.24) is 0 Å². The Balaban J connectivity index is 1.54. The highest BCUT2D eigenvalue weighted by molar-refractivity contribution is 5.65. The average molecular weight is 406 g/mol. The molecule has 1 saturated carbocycles. The minimum atomic E-state index is -3.42. The molecule has 0 amide bonds. The Morgan fingerprint density at radius 2 is 1.55 bits per heavy atom. The van der Waals surface area contributed by atoms with E-state index >= 15 is 0 Å². The molecule has 0 unspecified atom stereocenters. The van der Waals surface area contributed by atoms with Gasteiger partial charge in [-0.2, -0.15) is 8.78 Å². The largest absolute Gasteiger partial charge is 0.493 e. The van der Waals surface area contributed by atoms with Gasteiger partial charge in [0.15, 0.2) is 11.6 Å². The van der Waals surface area contributed by atoms with Crippen molar-refractivity contribution in [1.29, 1.82) is 0 Å². The molecule has 2 aromatic rings. The third-order valence-corrected chi connectivity index (χ3v) is 5.56. The van der Waals surface area contributed by atoms with E-state index < -0.39 is 17.7 Å². The third-order valence-electron chi connectivity index (χ3n) is 5.56. The summed E-state index contributed by atoms with van der Waals surface area (Å²) in [6, 6.07) is 11.4. The van der Waals surface area contributed by atoms with E-state index in [0.29, 0.717) is 18.4 Å². The summed E-state index contributed by atoms with van der Waals surface area (Å²) in [5.41, 5.74) is 1.38. The van der Waals surface area contributed by atoms with E-state index in [4.69, 9.17) is 4.74 Å². The number of benzene rings is 2. The number of ether oxygens (including phenoxy) is 2. The van der Waals surface area contributed by atoms with Crippen LogP contribution in [0.15, 0.2) is 42.5 Å². The first-order chi connectivity index (χ1) is 13.8. The van der Waals surface area contributed by atoms with Gasteiger partial charge in [-0.15, -0.1) is 0 Å². The summed E-state index contributed by atoms with van der Waals surface area (Å²) < 4.78 is 50.2. The zero-order chi connectivity index (χ0) is 20.9. The highest BCUT2D eigenvalue weighted by atomic mass is 19.3. The van der Waals surface area contributed by atoms with Gasteiger partial charge in [0, 0.05) is 6.92 Å². The molecule has 1 fully saturated rings. The molecule has 2 aromatic carbocycles. The number of alkyl halides is 2. The predicted octanol–water partition coefficient (Wildman–Crippen LogP) is 7.47. The summed E-state index contributed by atoms with van der Waals surface area (Å²) in [7, 11) is 0. The van der Waals surface area contributed by atoms with E-state index in [1.165, 1.54) is 50.7 Å². The Morgan fingerprint density at radius 1 is 0.931 bits per heavy atom. The van der Waals surface area contributed by atoms with Gasteiger partial charge in [0.25, 0.3) is 0 Å². The van der Waals surface area contributed by atoms with Crippen molar-refractivity contribution in [3.05, 3.63) is 48.3 Å². The molecule has 0 heterocycles. The molecule has 0 N–H and O–H groups in total. The molecule has 3 rings (SSSR count). The molecule has 0 bridgehead atoms. The van der Waals surface area contributed by atoms with Gasteiger partial charge in [0.2, 0.25) is 0 Å². The van der Waals surface area contributed by atoms with Gasteiger partial charge in [0.05, 0.1) is 6.61 Å². The molecule has 1 aliphatic rings. The third kappa shape index (κ3) is 6.41. The molecule has 1 aliphatic carbocycles. The van der Waals surface area contributed by atoms with Crippen LogP contribution in [0.3, 0.4) is 0 Å². The minimum absolute atomic E-state index is 0.463. The summed E-state index contributed by atoms with van der Waals surface area (Å²) in [6.07, 6.45) is 4.25. The van der Waals surface area contributed by atoms with E-state index in [1.807, 2.05) is 24.3 Å². The zero-order valence-corrected chi connectivity index (χ0v) is 17.1. The molecule has 0 saturated heterocycles. The monoisotopic (exact) mass is 406 g/mol. The smallest absolute Gasteiger partial charge is 0.395 e. The summed E-state index contributed by atoms with van der Waals surface area (Å²) >= 11 is 0. The van der Waals surface area contributed by atoms with E-state index in [9.17, 15) is 13.2 Å². The topological polar surface area (TPSA) is 18.5 Å². The highest BCUT2D eigenvalue weighted by Crippen LogP contribution is 2.33. The summed E-state index contributed by atoms with van der Waals surface area (Å²) in [4.78, 5) is 0. The summed E-state index contributed by atoms with van der Waals surface area (Å²) in [6.45, 7) is 3.55. The van der Waals surface area contributed by atoms with Crippen LogP contribution in [0, 0.1) is 17.7 Å². The minimum Gasteiger partial charge on any atom is -0.493 e. The van der Waals surface area contributed by atoms with Crippen LogP contribution in [-0.2, 0) is 0 Å². The van der Waals surface area contributed by atoms with Gasteiger partial charge in [-0.3, -0.25) is 0 Å². The van der Waals surface area contributed by atoms with Crippen molar-refractivity contribution in [3.8, 4) is 22.6 Å². The Hall–Kier alpha value is -2.17.